The van der Waals surface area contributed by atoms with Crippen molar-refractivity contribution in [2.45, 2.75) is 32.4 Å². The van der Waals surface area contributed by atoms with Crippen molar-refractivity contribution in [2.24, 2.45) is 5.92 Å². The zero-order chi connectivity index (χ0) is 14.7. The molecule has 0 saturated carbocycles. The number of carbonyl (C=O) groups is 1. The summed E-state index contributed by atoms with van der Waals surface area (Å²) in [4.78, 5) is 14.0. The number of morpholine rings is 1. The maximum atomic E-state index is 12.1. The number of piperidine rings is 1. The maximum Gasteiger partial charge on any atom is 0.248 e. The number of amides is 1. The Labute approximate surface area is 126 Å². The van der Waals surface area contributed by atoms with E-state index in [4.69, 9.17) is 4.74 Å². The number of nitrogens with zero attached hydrogens (tertiary/aromatic N) is 1. The van der Waals surface area contributed by atoms with Crippen LogP contribution in [0.3, 0.4) is 0 Å². The van der Waals surface area contributed by atoms with Gasteiger partial charge in [-0.3, -0.25) is 4.79 Å². The predicted octanol–water partition coefficient (Wildman–Crippen LogP) is 1.72. The van der Waals surface area contributed by atoms with Gasteiger partial charge in [-0.25, -0.2) is 0 Å². The predicted molar refractivity (Wildman–Crippen MR) is 81.9 cm³/mol. The lowest BCUT2D eigenvalue weighted by Gasteiger charge is -2.38. The average Bonchev–Trinajstić information content (AvgIpc) is 2.52. The number of aryl methyl sites for hydroxylation is 1. The van der Waals surface area contributed by atoms with Crippen molar-refractivity contribution in [3.05, 3.63) is 35.4 Å². The van der Waals surface area contributed by atoms with Crippen molar-refractivity contribution in [2.75, 3.05) is 26.2 Å². The van der Waals surface area contributed by atoms with Gasteiger partial charge < -0.3 is 15.0 Å². The van der Waals surface area contributed by atoms with Crippen LogP contribution >= 0.6 is 0 Å². The molecule has 0 radical (unpaired) electrons. The molecule has 2 saturated heterocycles. The average molecular weight is 288 g/mol. The van der Waals surface area contributed by atoms with Gasteiger partial charge in [-0.1, -0.05) is 29.8 Å². The standard InChI is InChI=1S/C17H24N2O2/c1-13-2-4-14(5-3-13)10-19-11-16(21-12-17(19)20)15-6-8-18-9-7-15/h2-5,15-16,18H,6-12H2,1H3. The summed E-state index contributed by atoms with van der Waals surface area (Å²) in [5, 5.41) is 3.38. The molecule has 2 aliphatic rings. The van der Waals surface area contributed by atoms with E-state index in [2.05, 4.69) is 36.5 Å². The van der Waals surface area contributed by atoms with Gasteiger partial charge in [0, 0.05) is 13.1 Å². The molecule has 0 aromatic heterocycles. The van der Waals surface area contributed by atoms with Crippen LogP contribution < -0.4 is 5.32 Å². The Morgan fingerprint density at radius 2 is 1.95 bits per heavy atom. The van der Waals surface area contributed by atoms with Crippen LogP contribution in [-0.2, 0) is 16.1 Å². The zero-order valence-corrected chi connectivity index (χ0v) is 12.7. The number of carbonyl (C=O) groups excluding carboxylic acids is 1. The number of ether oxygens (including phenoxy) is 1. The fraction of sp³-hybridized carbons (Fsp3) is 0.588. The lowest BCUT2D eigenvalue weighted by atomic mass is 9.91. The fourth-order valence-electron chi connectivity index (χ4n) is 3.21. The van der Waals surface area contributed by atoms with Gasteiger partial charge in [0.25, 0.3) is 0 Å². The van der Waals surface area contributed by atoms with Gasteiger partial charge in [0.05, 0.1) is 6.10 Å². The SMILES string of the molecule is Cc1ccc(CN2CC(C3CCNCC3)OCC2=O)cc1. The third kappa shape index (κ3) is 3.63. The summed E-state index contributed by atoms with van der Waals surface area (Å²) in [5.41, 5.74) is 2.44. The third-order valence-electron chi connectivity index (χ3n) is 4.58. The summed E-state index contributed by atoms with van der Waals surface area (Å²) in [6, 6.07) is 8.42. The Hall–Kier alpha value is -1.39. The first-order chi connectivity index (χ1) is 10.2. The van der Waals surface area contributed by atoms with E-state index < -0.39 is 0 Å². The summed E-state index contributed by atoms with van der Waals surface area (Å²) in [6.45, 7) is 5.88. The summed E-state index contributed by atoms with van der Waals surface area (Å²) in [6.07, 6.45) is 2.50. The van der Waals surface area contributed by atoms with E-state index >= 15 is 0 Å². The van der Waals surface area contributed by atoms with Crippen molar-refractivity contribution in [1.29, 1.82) is 0 Å². The van der Waals surface area contributed by atoms with Gasteiger partial charge in [-0.05, 0) is 44.3 Å². The van der Waals surface area contributed by atoms with Crippen LogP contribution in [0, 0.1) is 12.8 Å². The van der Waals surface area contributed by atoms with E-state index in [1.807, 2.05) is 4.90 Å². The molecule has 1 N–H and O–H groups in total. The third-order valence-corrected chi connectivity index (χ3v) is 4.58. The van der Waals surface area contributed by atoms with Crippen LogP contribution in [0.25, 0.3) is 0 Å². The minimum absolute atomic E-state index is 0.112. The second-order valence-corrected chi connectivity index (χ2v) is 6.20. The highest BCUT2D eigenvalue weighted by atomic mass is 16.5. The molecule has 2 fully saturated rings. The lowest BCUT2D eigenvalue weighted by molar-refractivity contribution is -0.153. The van der Waals surface area contributed by atoms with E-state index in [-0.39, 0.29) is 18.6 Å². The van der Waals surface area contributed by atoms with E-state index in [1.165, 1.54) is 11.1 Å². The number of hydrogen-bond donors (Lipinski definition) is 1. The van der Waals surface area contributed by atoms with Gasteiger partial charge in [0.1, 0.15) is 6.61 Å². The van der Waals surface area contributed by atoms with Gasteiger partial charge >= 0.3 is 0 Å². The van der Waals surface area contributed by atoms with Crippen molar-refractivity contribution in [1.82, 2.24) is 10.2 Å². The normalized spacial score (nSPS) is 24.3. The van der Waals surface area contributed by atoms with Gasteiger partial charge in [0.2, 0.25) is 5.91 Å². The van der Waals surface area contributed by atoms with Crippen LogP contribution in [0.4, 0.5) is 0 Å². The number of benzene rings is 1. The zero-order valence-electron chi connectivity index (χ0n) is 12.7. The van der Waals surface area contributed by atoms with Crippen LogP contribution in [0.5, 0.6) is 0 Å². The maximum absolute atomic E-state index is 12.1. The molecule has 3 rings (SSSR count). The first kappa shape index (κ1) is 14.5. The molecule has 2 heterocycles. The molecule has 1 aromatic rings. The highest BCUT2D eigenvalue weighted by Crippen LogP contribution is 2.23. The summed E-state index contributed by atoms with van der Waals surface area (Å²) in [7, 11) is 0. The highest BCUT2D eigenvalue weighted by Gasteiger charge is 2.32. The fourth-order valence-corrected chi connectivity index (χ4v) is 3.21. The summed E-state index contributed by atoms with van der Waals surface area (Å²) < 4.78 is 5.80. The Morgan fingerprint density at radius 3 is 2.67 bits per heavy atom. The minimum atomic E-state index is 0.112. The molecule has 1 unspecified atom stereocenters. The van der Waals surface area contributed by atoms with Crippen LogP contribution in [-0.4, -0.2) is 43.2 Å². The molecule has 2 aliphatic heterocycles. The molecule has 21 heavy (non-hydrogen) atoms. The topological polar surface area (TPSA) is 41.6 Å². The second kappa shape index (κ2) is 6.58. The van der Waals surface area contributed by atoms with Crippen molar-refractivity contribution >= 4 is 5.91 Å². The number of nitrogens with one attached hydrogen (secondary N) is 1. The Kier molecular flexibility index (Phi) is 4.56. The molecule has 4 heteroatoms. The van der Waals surface area contributed by atoms with Crippen LogP contribution in [0.1, 0.15) is 24.0 Å². The van der Waals surface area contributed by atoms with Gasteiger partial charge in [-0.15, -0.1) is 0 Å². The van der Waals surface area contributed by atoms with Gasteiger partial charge in [-0.2, -0.15) is 0 Å². The summed E-state index contributed by atoms with van der Waals surface area (Å²) in [5.74, 6) is 0.695. The summed E-state index contributed by atoms with van der Waals surface area (Å²) >= 11 is 0. The van der Waals surface area contributed by atoms with Gasteiger partial charge in [0.15, 0.2) is 0 Å². The molecule has 0 aliphatic carbocycles. The molecular weight excluding hydrogens is 264 g/mol. The number of rotatable bonds is 3. The Bertz CT molecular complexity index is 480. The largest absolute Gasteiger partial charge is 0.366 e. The first-order valence-corrected chi connectivity index (χ1v) is 7.88. The molecular formula is C17H24N2O2. The van der Waals surface area contributed by atoms with Crippen molar-refractivity contribution < 1.29 is 9.53 Å². The van der Waals surface area contributed by atoms with Crippen molar-refractivity contribution in [3.63, 3.8) is 0 Å². The monoisotopic (exact) mass is 288 g/mol. The Balaban J connectivity index is 1.62. The van der Waals surface area contributed by atoms with Crippen LogP contribution in [0.2, 0.25) is 0 Å². The molecule has 1 atom stereocenters. The molecule has 0 spiro atoms. The van der Waals surface area contributed by atoms with E-state index in [0.29, 0.717) is 12.5 Å². The molecule has 0 bridgehead atoms. The lowest BCUT2D eigenvalue weighted by Crippen LogP contribution is -2.50. The van der Waals surface area contributed by atoms with E-state index in [9.17, 15) is 4.79 Å². The molecule has 1 amide bonds. The quantitative estimate of drug-likeness (QED) is 0.921. The first-order valence-electron chi connectivity index (χ1n) is 7.88. The Morgan fingerprint density at radius 1 is 1.24 bits per heavy atom. The van der Waals surface area contributed by atoms with Crippen LogP contribution in [0.15, 0.2) is 24.3 Å². The highest BCUT2D eigenvalue weighted by molar-refractivity contribution is 5.78. The number of hydrogen-bond acceptors (Lipinski definition) is 3. The minimum Gasteiger partial charge on any atom is -0.366 e. The molecule has 114 valence electrons. The molecule has 1 aromatic carbocycles. The van der Waals surface area contributed by atoms with E-state index in [1.54, 1.807) is 0 Å². The van der Waals surface area contributed by atoms with E-state index in [0.717, 1.165) is 32.5 Å². The van der Waals surface area contributed by atoms with Crippen molar-refractivity contribution in [3.8, 4) is 0 Å². The second-order valence-electron chi connectivity index (χ2n) is 6.20. The molecule has 4 nitrogen and oxygen atoms in total. The smallest absolute Gasteiger partial charge is 0.248 e.